The first-order valence-corrected chi connectivity index (χ1v) is 8.17. The van der Waals surface area contributed by atoms with Crippen molar-refractivity contribution in [2.45, 2.75) is 47.5 Å². The Morgan fingerprint density at radius 3 is 2.32 bits per heavy atom. The topological polar surface area (TPSA) is 17.1 Å². The molecule has 1 atom stereocenters. The first kappa shape index (κ1) is 16.9. The van der Waals surface area contributed by atoms with Crippen molar-refractivity contribution in [2.75, 3.05) is 0 Å². The van der Waals surface area contributed by atoms with Crippen LogP contribution in [0.15, 0.2) is 21.1 Å². The second-order valence-electron chi connectivity index (χ2n) is 6.58. The average Bonchev–Trinajstić information content (AvgIpc) is 2.20. The molecule has 1 aromatic carbocycles. The van der Waals surface area contributed by atoms with Gasteiger partial charge in [0, 0.05) is 20.9 Å². The standard InChI is InChI=1S/C16H22Br2O/c1-10(9-16(3,4)5)6-15(19)12-8-13(17)11(2)7-14(12)18/h7-8,10H,6,9H2,1-5H3. The summed E-state index contributed by atoms with van der Waals surface area (Å²) in [5, 5.41) is 0. The average molecular weight is 390 g/mol. The SMILES string of the molecule is Cc1cc(Br)c(C(=O)CC(C)CC(C)(C)C)cc1Br. The second kappa shape index (κ2) is 6.53. The summed E-state index contributed by atoms with van der Waals surface area (Å²) in [6.07, 6.45) is 1.66. The van der Waals surface area contributed by atoms with Gasteiger partial charge in [-0.2, -0.15) is 0 Å². The predicted octanol–water partition coefficient (Wildman–Crippen LogP) is 6.17. The van der Waals surface area contributed by atoms with Gasteiger partial charge in [0.05, 0.1) is 0 Å². The Balaban J connectivity index is 2.82. The van der Waals surface area contributed by atoms with Crippen LogP contribution in [-0.4, -0.2) is 5.78 Å². The summed E-state index contributed by atoms with van der Waals surface area (Å²) in [6.45, 7) is 10.8. The van der Waals surface area contributed by atoms with Crippen LogP contribution in [0.2, 0.25) is 0 Å². The summed E-state index contributed by atoms with van der Waals surface area (Å²) in [6, 6.07) is 3.91. The van der Waals surface area contributed by atoms with E-state index in [1.54, 1.807) is 0 Å². The van der Waals surface area contributed by atoms with E-state index in [1.165, 1.54) is 0 Å². The summed E-state index contributed by atoms with van der Waals surface area (Å²) in [5.74, 6) is 0.615. The van der Waals surface area contributed by atoms with Crippen LogP contribution < -0.4 is 0 Å². The Morgan fingerprint density at radius 2 is 1.79 bits per heavy atom. The second-order valence-corrected chi connectivity index (χ2v) is 8.29. The summed E-state index contributed by atoms with van der Waals surface area (Å²) >= 11 is 6.98. The smallest absolute Gasteiger partial charge is 0.164 e. The van der Waals surface area contributed by atoms with Crippen LogP contribution in [-0.2, 0) is 0 Å². The maximum Gasteiger partial charge on any atom is 0.164 e. The normalized spacial score (nSPS) is 13.4. The third-order valence-electron chi connectivity index (χ3n) is 3.04. The molecule has 1 rings (SSSR count). The van der Waals surface area contributed by atoms with Crippen molar-refractivity contribution >= 4 is 37.6 Å². The molecule has 0 spiro atoms. The van der Waals surface area contributed by atoms with E-state index in [1.807, 2.05) is 19.1 Å². The highest BCUT2D eigenvalue weighted by Gasteiger charge is 2.20. The van der Waals surface area contributed by atoms with Crippen LogP contribution in [0.5, 0.6) is 0 Å². The monoisotopic (exact) mass is 388 g/mol. The van der Waals surface area contributed by atoms with Gasteiger partial charge in [0.1, 0.15) is 0 Å². The maximum absolute atomic E-state index is 12.4. The third-order valence-corrected chi connectivity index (χ3v) is 4.55. The number of carbonyl (C=O) groups is 1. The largest absolute Gasteiger partial charge is 0.294 e. The van der Waals surface area contributed by atoms with Crippen molar-refractivity contribution in [3.63, 3.8) is 0 Å². The fraction of sp³-hybridized carbons (Fsp3) is 0.562. The fourth-order valence-electron chi connectivity index (χ4n) is 2.40. The van der Waals surface area contributed by atoms with E-state index in [-0.39, 0.29) is 11.2 Å². The molecule has 19 heavy (non-hydrogen) atoms. The molecule has 3 heteroatoms. The van der Waals surface area contributed by atoms with Crippen molar-refractivity contribution < 1.29 is 4.79 Å². The molecule has 1 aromatic rings. The lowest BCUT2D eigenvalue weighted by Gasteiger charge is -2.22. The third kappa shape index (κ3) is 5.39. The van der Waals surface area contributed by atoms with Gasteiger partial charge in [-0.1, -0.05) is 59.6 Å². The minimum Gasteiger partial charge on any atom is -0.294 e. The lowest BCUT2D eigenvalue weighted by Crippen LogP contribution is -2.14. The molecule has 0 saturated carbocycles. The molecule has 0 aliphatic carbocycles. The highest BCUT2D eigenvalue weighted by molar-refractivity contribution is 9.11. The molecule has 0 saturated heterocycles. The molecule has 1 unspecified atom stereocenters. The zero-order chi connectivity index (χ0) is 14.8. The predicted molar refractivity (Wildman–Crippen MR) is 88.8 cm³/mol. The number of ketones is 1. The van der Waals surface area contributed by atoms with Crippen molar-refractivity contribution in [1.29, 1.82) is 0 Å². The van der Waals surface area contributed by atoms with Gasteiger partial charge in [-0.05, 0) is 42.4 Å². The van der Waals surface area contributed by atoms with Crippen molar-refractivity contribution in [3.05, 3.63) is 32.2 Å². The molecule has 0 bridgehead atoms. The van der Waals surface area contributed by atoms with Gasteiger partial charge in [0.2, 0.25) is 0 Å². The molecule has 0 fully saturated rings. The van der Waals surface area contributed by atoms with E-state index in [2.05, 4.69) is 59.6 Å². The van der Waals surface area contributed by atoms with E-state index in [0.29, 0.717) is 12.3 Å². The molecule has 0 radical (unpaired) electrons. The van der Waals surface area contributed by atoms with Gasteiger partial charge in [0.15, 0.2) is 5.78 Å². The molecule has 0 N–H and O–H groups in total. The minimum absolute atomic E-state index is 0.212. The number of hydrogen-bond donors (Lipinski definition) is 0. The fourth-order valence-corrected chi connectivity index (χ4v) is 3.43. The Labute approximate surface area is 133 Å². The first-order valence-electron chi connectivity index (χ1n) is 6.59. The number of rotatable bonds is 4. The molecule has 106 valence electrons. The molecular formula is C16H22Br2O. The van der Waals surface area contributed by atoms with Crippen molar-refractivity contribution in [2.24, 2.45) is 11.3 Å². The van der Waals surface area contributed by atoms with Crippen LogP contribution in [0.4, 0.5) is 0 Å². The maximum atomic E-state index is 12.4. The highest BCUT2D eigenvalue weighted by Crippen LogP contribution is 2.30. The van der Waals surface area contributed by atoms with Crippen LogP contribution >= 0.6 is 31.9 Å². The molecular weight excluding hydrogens is 368 g/mol. The first-order chi connectivity index (χ1) is 8.60. The highest BCUT2D eigenvalue weighted by atomic mass is 79.9. The molecule has 0 amide bonds. The summed E-state index contributed by atoms with van der Waals surface area (Å²) < 4.78 is 1.88. The van der Waals surface area contributed by atoms with Gasteiger partial charge >= 0.3 is 0 Å². The number of carbonyl (C=O) groups excluding carboxylic acids is 1. The van der Waals surface area contributed by atoms with Crippen molar-refractivity contribution in [1.82, 2.24) is 0 Å². The Bertz CT molecular complexity index is 472. The zero-order valence-corrected chi connectivity index (χ0v) is 15.5. The Hall–Kier alpha value is -0.150. The Kier molecular flexibility index (Phi) is 5.81. The number of halogens is 2. The Morgan fingerprint density at radius 1 is 1.21 bits per heavy atom. The van der Waals surface area contributed by atoms with Gasteiger partial charge in [-0.3, -0.25) is 4.79 Å². The van der Waals surface area contributed by atoms with E-state index in [9.17, 15) is 4.79 Å². The lowest BCUT2D eigenvalue weighted by molar-refractivity contribution is 0.0953. The van der Waals surface area contributed by atoms with E-state index in [0.717, 1.165) is 26.5 Å². The van der Waals surface area contributed by atoms with Gasteiger partial charge < -0.3 is 0 Å². The molecule has 0 aromatic heterocycles. The molecule has 0 aliphatic rings. The van der Waals surface area contributed by atoms with E-state index >= 15 is 0 Å². The van der Waals surface area contributed by atoms with E-state index in [4.69, 9.17) is 0 Å². The lowest BCUT2D eigenvalue weighted by atomic mass is 9.83. The number of Topliss-reactive ketones (excluding diaryl/α,β-unsaturated/α-hetero) is 1. The van der Waals surface area contributed by atoms with Crippen molar-refractivity contribution in [3.8, 4) is 0 Å². The zero-order valence-electron chi connectivity index (χ0n) is 12.3. The minimum atomic E-state index is 0.212. The number of benzene rings is 1. The van der Waals surface area contributed by atoms with Gasteiger partial charge in [-0.15, -0.1) is 0 Å². The van der Waals surface area contributed by atoms with Gasteiger partial charge in [0.25, 0.3) is 0 Å². The molecule has 1 nitrogen and oxygen atoms in total. The summed E-state index contributed by atoms with van der Waals surface area (Å²) in [4.78, 5) is 12.4. The summed E-state index contributed by atoms with van der Waals surface area (Å²) in [7, 11) is 0. The van der Waals surface area contributed by atoms with Crippen LogP contribution in [0, 0.1) is 18.3 Å². The number of hydrogen-bond acceptors (Lipinski definition) is 1. The quantitative estimate of drug-likeness (QED) is 0.563. The van der Waals surface area contributed by atoms with Crippen LogP contribution in [0.3, 0.4) is 0 Å². The van der Waals surface area contributed by atoms with Crippen LogP contribution in [0.25, 0.3) is 0 Å². The summed E-state index contributed by atoms with van der Waals surface area (Å²) in [5.41, 5.74) is 2.18. The van der Waals surface area contributed by atoms with E-state index < -0.39 is 0 Å². The molecule has 0 aliphatic heterocycles. The van der Waals surface area contributed by atoms with Crippen LogP contribution in [0.1, 0.15) is 56.5 Å². The number of aryl methyl sites for hydroxylation is 1. The molecule has 0 heterocycles. The van der Waals surface area contributed by atoms with Gasteiger partial charge in [-0.25, -0.2) is 0 Å².